The average molecular weight is 160 g/mol. The Balaban J connectivity index is 2.24. The molecule has 0 bridgehead atoms. The number of aliphatic hydroxyl groups is 2. The summed E-state index contributed by atoms with van der Waals surface area (Å²) in [5.74, 6) is 0.262. The van der Waals surface area contributed by atoms with Crippen molar-refractivity contribution in [2.75, 3.05) is 13.2 Å². The second kappa shape index (κ2) is 4.04. The van der Waals surface area contributed by atoms with Crippen LogP contribution in [-0.4, -0.2) is 35.6 Å². The summed E-state index contributed by atoms with van der Waals surface area (Å²) in [6, 6.07) is 0. The topological polar surface area (TPSA) is 49.7 Å². The average Bonchev–Trinajstić information content (AvgIpc) is 2.05. The van der Waals surface area contributed by atoms with E-state index in [2.05, 4.69) is 0 Å². The molecule has 3 atom stereocenters. The molecule has 1 aliphatic rings. The van der Waals surface area contributed by atoms with Crippen LogP contribution in [0.2, 0.25) is 0 Å². The molecule has 1 fully saturated rings. The fourth-order valence-electron chi connectivity index (χ4n) is 1.35. The van der Waals surface area contributed by atoms with Gasteiger partial charge in [0.2, 0.25) is 0 Å². The highest BCUT2D eigenvalue weighted by molar-refractivity contribution is 4.72. The molecule has 0 aromatic heterocycles. The standard InChI is InChI=1S/C8H16O3/c1-6(10)7-2-3-8(4-9)11-5-7/h6-10H,2-5H2,1H3. The van der Waals surface area contributed by atoms with E-state index in [4.69, 9.17) is 9.84 Å². The first kappa shape index (κ1) is 8.97. The minimum Gasteiger partial charge on any atom is -0.394 e. The Morgan fingerprint density at radius 2 is 2.27 bits per heavy atom. The van der Waals surface area contributed by atoms with Crippen LogP contribution < -0.4 is 0 Å². The van der Waals surface area contributed by atoms with Crippen LogP contribution in [0, 0.1) is 5.92 Å². The van der Waals surface area contributed by atoms with Crippen molar-refractivity contribution in [3.05, 3.63) is 0 Å². The second-order valence-corrected chi connectivity index (χ2v) is 3.22. The summed E-state index contributed by atoms with van der Waals surface area (Å²) in [7, 11) is 0. The molecule has 3 nitrogen and oxygen atoms in total. The summed E-state index contributed by atoms with van der Waals surface area (Å²) in [6.45, 7) is 2.47. The zero-order valence-corrected chi connectivity index (χ0v) is 6.86. The zero-order valence-electron chi connectivity index (χ0n) is 6.86. The van der Waals surface area contributed by atoms with Crippen molar-refractivity contribution >= 4 is 0 Å². The van der Waals surface area contributed by atoms with Gasteiger partial charge in [0.15, 0.2) is 0 Å². The van der Waals surface area contributed by atoms with Gasteiger partial charge in [0.25, 0.3) is 0 Å². The van der Waals surface area contributed by atoms with Crippen LogP contribution >= 0.6 is 0 Å². The molecular formula is C8H16O3. The Kier molecular flexibility index (Phi) is 3.30. The summed E-state index contributed by atoms with van der Waals surface area (Å²) in [4.78, 5) is 0. The van der Waals surface area contributed by atoms with E-state index in [9.17, 15) is 5.11 Å². The van der Waals surface area contributed by atoms with E-state index in [1.54, 1.807) is 6.92 Å². The molecule has 0 aromatic rings. The number of hydrogen-bond donors (Lipinski definition) is 2. The summed E-state index contributed by atoms with van der Waals surface area (Å²) in [5, 5.41) is 17.9. The minimum atomic E-state index is -0.283. The summed E-state index contributed by atoms with van der Waals surface area (Å²) in [6.07, 6.45) is 1.55. The van der Waals surface area contributed by atoms with E-state index in [0.717, 1.165) is 12.8 Å². The summed E-state index contributed by atoms with van der Waals surface area (Å²) in [5.41, 5.74) is 0. The van der Waals surface area contributed by atoms with Crippen molar-refractivity contribution < 1.29 is 14.9 Å². The number of aliphatic hydroxyl groups excluding tert-OH is 2. The predicted molar refractivity (Wildman–Crippen MR) is 41.2 cm³/mol. The van der Waals surface area contributed by atoms with Crippen LogP contribution in [0.15, 0.2) is 0 Å². The molecule has 0 radical (unpaired) electrons. The third kappa shape index (κ3) is 2.43. The molecule has 0 aromatic carbocycles. The molecule has 1 rings (SSSR count). The van der Waals surface area contributed by atoms with E-state index >= 15 is 0 Å². The van der Waals surface area contributed by atoms with Crippen LogP contribution in [0.3, 0.4) is 0 Å². The number of ether oxygens (including phenoxy) is 1. The summed E-state index contributed by atoms with van der Waals surface area (Å²) < 4.78 is 5.29. The maximum atomic E-state index is 9.19. The van der Waals surface area contributed by atoms with E-state index in [1.807, 2.05) is 0 Å². The van der Waals surface area contributed by atoms with Crippen LogP contribution in [0.1, 0.15) is 19.8 Å². The smallest absolute Gasteiger partial charge is 0.0806 e. The highest BCUT2D eigenvalue weighted by Crippen LogP contribution is 2.21. The first-order valence-corrected chi connectivity index (χ1v) is 4.14. The van der Waals surface area contributed by atoms with Crippen molar-refractivity contribution in [1.29, 1.82) is 0 Å². The lowest BCUT2D eigenvalue weighted by Crippen LogP contribution is -2.33. The Hall–Kier alpha value is -0.120. The molecule has 1 saturated heterocycles. The molecule has 0 spiro atoms. The normalized spacial score (nSPS) is 35.2. The molecule has 0 amide bonds. The molecule has 3 heteroatoms. The van der Waals surface area contributed by atoms with Gasteiger partial charge in [-0.25, -0.2) is 0 Å². The lowest BCUT2D eigenvalue weighted by Gasteiger charge is -2.29. The molecule has 0 saturated carbocycles. The fourth-order valence-corrected chi connectivity index (χ4v) is 1.35. The van der Waals surface area contributed by atoms with Gasteiger partial charge in [-0.2, -0.15) is 0 Å². The highest BCUT2D eigenvalue weighted by Gasteiger charge is 2.23. The lowest BCUT2D eigenvalue weighted by molar-refractivity contribution is -0.0687. The van der Waals surface area contributed by atoms with E-state index in [0.29, 0.717) is 6.61 Å². The van der Waals surface area contributed by atoms with Crippen LogP contribution in [0.5, 0.6) is 0 Å². The third-order valence-corrected chi connectivity index (χ3v) is 2.29. The first-order chi connectivity index (χ1) is 5.24. The van der Waals surface area contributed by atoms with Gasteiger partial charge in [0, 0.05) is 5.92 Å². The maximum absolute atomic E-state index is 9.19. The van der Waals surface area contributed by atoms with Gasteiger partial charge in [-0.1, -0.05) is 0 Å². The first-order valence-electron chi connectivity index (χ1n) is 4.14. The molecule has 2 N–H and O–H groups in total. The quantitative estimate of drug-likeness (QED) is 0.604. The monoisotopic (exact) mass is 160 g/mol. The molecule has 0 aliphatic carbocycles. The molecule has 11 heavy (non-hydrogen) atoms. The van der Waals surface area contributed by atoms with E-state index in [1.165, 1.54) is 0 Å². The van der Waals surface area contributed by atoms with Crippen molar-refractivity contribution in [1.82, 2.24) is 0 Å². The van der Waals surface area contributed by atoms with Crippen molar-refractivity contribution in [3.8, 4) is 0 Å². The van der Waals surface area contributed by atoms with Gasteiger partial charge in [0.05, 0.1) is 25.4 Å². The Bertz CT molecular complexity index is 106. The van der Waals surface area contributed by atoms with Gasteiger partial charge in [-0.15, -0.1) is 0 Å². The molecule has 66 valence electrons. The van der Waals surface area contributed by atoms with Crippen LogP contribution in [0.4, 0.5) is 0 Å². The maximum Gasteiger partial charge on any atom is 0.0806 e. The van der Waals surface area contributed by atoms with E-state index < -0.39 is 0 Å². The molecule has 1 aliphatic heterocycles. The summed E-state index contributed by atoms with van der Waals surface area (Å²) >= 11 is 0. The molecule has 1 heterocycles. The van der Waals surface area contributed by atoms with Crippen LogP contribution in [0.25, 0.3) is 0 Å². The van der Waals surface area contributed by atoms with Crippen molar-refractivity contribution in [2.24, 2.45) is 5.92 Å². The molecule has 3 unspecified atom stereocenters. The third-order valence-electron chi connectivity index (χ3n) is 2.29. The van der Waals surface area contributed by atoms with E-state index in [-0.39, 0.29) is 24.7 Å². The van der Waals surface area contributed by atoms with Crippen LogP contribution in [-0.2, 0) is 4.74 Å². The fraction of sp³-hybridized carbons (Fsp3) is 1.00. The highest BCUT2D eigenvalue weighted by atomic mass is 16.5. The van der Waals surface area contributed by atoms with Crippen molar-refractivity contribution in [2.45, 2.75) is 32.0 Å². The lowest BCUT2D eigenvalue weighted by atomic mass is 9.94. The SMILES string of the molecule is CC(O)C1CCC(CO)OC1. The Labute approximate surface area is 67.0 Å². The zero-order chi connectivity index (χ0) is 8.27. The molecular weight excluding hydrogens is 144 g/mol. The van der Waals surface area contributed by atoms with Gasteiger partial charge in [-0.05, 0) is 19.8 Å². The van der Waals surface area contributed by atoms with Crippen molar-refractivity contribution in [3.63, 3.8) is 0 Å². The van der Waals surface area contributed by atoms with Gasteiger partial charge < -0.3 is 14.9 Å². The van der Waals surface area contributed by atoms with Gasteiger partial charge in [0.1, 0.15) is 0 Å². The number of hydrogen-bond acceptors (Lipinski definition) is 3. The van der Waals surface area contributed by atoms with Gasteiger partial charge in [-0.3, -0.25) is 0 Å². The number of rotatable bonds is 2. The van der Waals surface area contributed by atoms with Gasteiger partial charge >= 0.3 is 0 Å². The largest absolute Gasteiger partial charge is 0.394 e. The Morgan fingerprint density at radius 3 is 2.64 bits per heavy atom. The Morgan fingerprint density at radius 1 is 1.55 bits per heavy atom. The predicted octanol–water partition coefficient (Wildman–Crippen LogP) is 0.155. The minimum absolute atomic E-state index is 0.00463. The second-order valence-electron chi connectivity index (χ2n) is 3.22.